The number of rotatable bonds is 2. The zero-order chi connectivity index (χ0) is 11.0. The maximum absolute atomic E-state index is 5.15. The van der Waals surface area contributed by atoms with Gasteiger partial charge in [-0.1, -0.05) is 36.4 Å². The van der Waals surface area contributed by atoms with Crippen molar-refractivity contribution in [2.45, 2.75) is 5.92 Å². The summed E-state index contributed by atoms with van der Waals surface area (Å²) >= 11 is 0. The number of hydrogen-bond donors (Lipinski definition) is 0. The van der Waals surface area contributed by atoms with Gasteiger partial charge in [0.1, 0.15) is 5.75 Å². The van der Waals surface area contributed by atoms with Crippen LogP contribution in [-0.2, 0) is 0 Å². The first-order chi connectivity index (χ1) is 7.88. The lowest BCUT2D eigenvalue weighted by molar-refractivity contribution is 0.414. The van der Waals surface area contributed by atoms with Crippen molar-refractivity contribution < 1.29 is 4.74 Å². The predicted octanol–water partition coefficient (Wildman–Crippen LogP) is 3.27. The predicted molar refractivity (Wildman–Crippen MR) is 63.6 cm³/mol. The topological polar surface area (TPSA) is 9.23 Å². The van der Waals surface area contributed by atoms with Crippen LogP contribution in [0.25, 0.3) is 0 Å². The first kappa shape index (κ1) is 9.46. The van der Waals surface area contributed by atoms with E-state index >= 15 is 0 Å². The van der Waals surface area contributed by atoms with E-state index in [0.29, 0.717) is 5.92 Å². The third-order valence-corrected chi connectivity index (χ3v) is 3.02. The van der Waals surface area contributed by atoms with Gasteiger partial charge in [-0.05, 0) is 28.8 Å². The summed E-state index contributed by atoms with van der Waals surface area (Å²) in [5.41, 5.74) is 3.88. The van der Waals surface area contributed by atoms with Crippen LogP contribution in [0.3, 0.4) is 0 Å². The van der Waals surface area contributed by atoms with E-state index in [1.54, 1.807) is 7.11 Å². The Labute approximate surface area is 95.7 Å². The van der Waals surface area contributed by atoms with E-state index in [1.807, 2.05) is 12.1 Å². The summed E-state index contributed by atoms with van der Waals surface area (Å²) < 4.78 is 5.15. The van der Waals surface area contributed by atoms with Crippen LogP contribution in [0.2, 0.25) is 0 Å². The summed E-state index contributed by atoms with van der Waals surface area (Å²) in [5, 5.41) is 0. The van der Waals surface area contributed by atoms with E-state index in [1.165, 1.54) is 16.7 Å². The van der Waals surface area contributed by atoms with Gasteiger partial charge in [0, 0.05) is 12.3 Å². The van der Waals surface area contributed by atoms with Gasteiger partial charge in [0.15, 0.2) is 0 Å². The minimum atomic E-state index is 0.335. The summed E-state index contributed by atoms with van der Waals surface area (Å²) in [6.45, 7) is 0. The quantitative estimate of drug-likeness (QED) is 0.736. The van der Waals surface area contributed by atoms with Gasteiger partial charge < -0.3 is 4.74 Å². The van der Waals surface area contributed by atoms with Gasteiger partial charge in [0.25, 0.3) is 0 Å². The molecule has 2 aromatic carbocycles. The molecule has 1 nitrogen and oxygen atoms in total. The van der Waals surface area contributed by atoms with Crippen LogP contribution in [0.1, 0.15) is 22.6 Å². The monoisotopic (exact) mass is 208 g/mol. The molecule has 2 radical (unpaired) electrons. The maximum Gasteiger partial charge on any atom is 0.118 e. The molecule has 0 bridgehead atoms. The van der Waals surface area contributed by atoms with Crippen LogP contribution in [0, 0.1) is 6.42 Å². The summed E-state index contributed by atoms with van der Waals surface area (Å²) in [4.78, 5) is 0. The number of methoxy groups -OCH3 is 1. The standard InChI is InChI=1S/C15H12O/c1-16-13-8-6-11(7-9-13)15-10-12-4-2-3-5-14(12)15/h2-9,15H,1H3. The summed E-state index contributed by atoms with van der Waals surface area (Å²) in [6, 6.07) is 16.6. The molecule has 0 amide bonds. The fraction of sp³-hybridized carbons (Fsp3) is 0.133. The third-order valence-electron chi connectivity index (χ3n) is 3.02. The number of ether oxygens (including phenoxy) is 1. The number of fused-ring (bicyclic) bond motifs is 1. The summed E-state index contributed by atoms with van der Waals surface area (Å²) in [6.07, 6.45) is 3.44. The molecule has 1 atom stereocenters. The van der Waals surface area contributed by atoms with E-state index in [2.05, 4.69) is 42.8 Å². The second-order valence-corrected chi connectivity index (χ2v) is 3.94. The Bertz CT molecular complexity index is 499. The van der Waals surface area contributed by atoms with E-state index in [9.17, 15) is 0 Å². The highest BCUT2D eigenvalue weighted by atomic mass is 16.5. The zero-order valence-electron chi connectivity index (χ0n) is 9.10. The Balaban J connectivity index is 1.90. The fourth-order valence-electron chi connectivity index (χ4n) is 2.09. The molecule has 1 heteroatoms. The first-order valence-electron chi connectivity index (χ1n) is 5.38. The Morgan fingerprint density at radius 1 is 1.00 bits per heavy atom. The Morgan fingerprint density at radius 3 is 2.44 bits per heavy atom. The molecule has 2 aromatic rings. The van der Waals surface area contributed by atoms with Crippen LogP contribution < -0.4 is 4.74 Å². The molecule has 0 aromatic heterocycles. The Kier molecular flexibility index (Phi) is 2.17. The molecule has 0 spiro atoms. The second-order valence-electron chi connectivity index (χ2n) is 3.94. The molecule has 0 saturated heterocycles. The summed E-state index contributed by atoms with van der Waals surface area (Å²) in [5.74, 6) is 1.23. The van der Waals surface area contributed by atoms with Crippen molar-refractivity contribution in [3.63, 3.8) is 0 Å². The van der Waals surface area contributed by atoms with Crippen LogP contribution in [-0.4, -0.2) is 7.11 Å². The molecule has 1 aliphatic carbocycles. The fourth-order valence-corrected chi connectivity index (χ4v) is 2.09. The molecule has 0 N–H and O–H groups in total. The number of hydrogen-bond acceptors (Lipinski definition) is 1. The molecule has 0 fully saturated rings. The molecule has 0 heterocycles. The zero-order valence-corrected chi connectivity index (χ0v) is 9.10. The van der Waals surface area contributed by atoms with Crippen molar-refractivity contribution in [2.24, 2.45) is 0 Å². The van der Waals surface area contributed by atoms with Gasteiger partial charge in [0.2, 0.25) is 0 Å². The Hall–Kier alpha value is -1.76. The molecule has 1 unspecified atom stereocenters. The molecule has 16 heavy (non-hydrogen) atoms. The lowest BCUT2D eigenvalue weighted by Gasteiger charge is -2.29. The highest BCUT2D eigenvalue weighted by Crippen LogP contribution is 2.41. The molecule has 1 aliphatic rings. The van der Waals surface area contributed by atoms with Crippen molar-refractivity contribution in [3.8, 4) is 5.75 Å². The van der Waals surface area contributed by atoms with E-state index < -0.39 is 0 Å². The molecule has 0 aliphatic heterocycles. The largest absolute Gasteiger partial charge is 0.497 e. The lowest BCUT2D eigenvalue weighted by Crippen LogP contribution is -2.15. The van der Waals surface area contributed by atoms with Crippen LogP contribution in [0.15, 0.2) is 48.5 Å². The number of benzene rings is 2. The van der Waals surface area contributed by atoms with Gasteiger partial charge in [-0.25, -0.2) is 0 Å². The molecule has 0 saturated carbocycles. The maximum atomic E-state index is 5.15. The lowest BCUT2D eigenvalue weighted by atomic mass is 9.74. The van der Waals surface area contributed by atoms with Gasteiger partial charge in [-0.3, -0.25) is 0 Å². The molecular formula is C15H12O. The van der Waals surface area contributed by atoms with Gasteiger partial charge in [0.05, 0.1) is 7.11 Å². The van der Waals surface area contributed by atoms with Gasteiger partial charge in [-0.15, -0.1) is 0 Å². The normalized spacial score (nSPS) is 17.4. The van der Waals surface area contributed by atoms with Crippen molar-refractivity contribution >= 4 is 0 Å². The van der Waals surface area contributed by atoms with Crippen LogP contribution in [0.5, 0.6) is 5.75 Å². The minimum Gasteiger partial charge on any atom is -0.497 e. The van der Waals surface area contributed by atoms with Crippen molar-refractivity contribution in [3.05, 3.63) is 71.6 Å². The van der Waals surface area contributed by atoms with Crippen LogP contribution >= 0.6 is 0 Å². The average molecular weight is 208 g/mol. The van der Waals surface area contributed by atoms with Crippen LogP contribution in [0.4, 0.5) is 0 Å². The first-order valence-corrected chi connectivity index (χ1v) is 5.38. The SMILES string of the molecule is COc1ccc(C2[C]c3ccccc32)cc1. The molecule has 78 valence electrons. The molecular weight excluding hydrogens is 196 g/mol. The highest BCUT2D eigenvalue weighted by molar-refractivity contribution is 5.55. The van der Waals surface area contributed by atoms with E-state index in [-0.39, 0.29) is 0 Å². The van der Waals surface area contributed by atoms with Crippen molar-refractivity contribution in [1.82, 2.24) is 0 Å². The minimum absolute atomic E-state index is 0.335. The summed E-state index contributed by atoms with van der Waals surface area (Å²) in [7, 11) is 1.69. The van der Waals surface area contributed by atoms with E-state index in [4.69, 9.17) is 4.74 Å². The smallest absolute Gasteiger partial charge is 0.118 e. The van der Waals surface area contributed by atoms with E-state index in [0.717, 1.165) is 5.75 Å². The van der Waals surface area contributed by atoms with Gasteiger partial charge in [-0.2, -0.15) is 0 Å². The highest BCUT2D eigenvalue weighted by Gasteiger charge is 2.27. The third kappa shape index (κ3) is 1.40. The molecule has 3 rings (SSSR count). The Morgan fingerprint density at radius 2 is 1.75 bits per heavy atom. The average Bonchev–Trinajstić information content (AvgIpc) is 2.32. The second kappa shape index (κ2) is 3.67. The van der Waals surface area contributed by atoms with Crippen molar-refractivity contribution in [2.75, 3.05) is 7.11 Å². The van der Waals surface area contributed by atoms with Crippen molar-refractivity contribution in [1.29, 1.82) is 0 Å². The van der Waals surface area contributed by atoms with Gasteiger partial charge >= 0.3 is 0 Å².